The number of para-hydroxylation sites is 1. The van der Waals surface area contributed by atoms with E-state index in [2.05, 4.69) is 4.98 Å². The van der Waals surface area contributed by atoms with Crippen LogP contribution in [0.2, 0.25) is 0 Å². The standard InChI is InChI=1S/C15H13NO3/c1-9-13(10(2)17)7-11(8-16-9)15(19)12-5-3-4-6-14(12)18/h3-8,18H,1-2H3. The number of ketones is 2. The van der Waals surface area contributed by atoms with Crippen LogP contribution in [-0.4, -0.2) is 21.7 Å². The molecule has 1 heterocycles. The fourth-order valence-electron chi connectivity index (χ4n) is 1.83. The van der Waals surface area contributed by atoms with Gasteiger partial charge >= 0.3 is 0 Å². The van der Waals surface area contributed by atoms with Crippen molar-refractivity contribution < 1.29 is 14.7 Å². The van der Waals surface area contributed by atoms with E-state index in [0.717, 1.165) is 0 Å². The molecule has 0 saturated heterocycles. The zero-order chi connectivity index (χ0) is 14.0. The van der Waals surface area contributed by atoms with Crippen molar-refractivity contribution in [1.82, 2.24) is 4.98 Å². The van der Waals surface area contributed by atoms with Gasteiger partial charge in [0.2, 0.25) is 0 Å². The van der Waals surface area contributed by atoms with E-state index in [1.807, 2.05) is 0 Å². The molecule has 4 heteroatoms. The van der Waals surface area contributed by atoms with Crippen LogP contribution in [-0.2, 0) is 0 Å². The first-order chi connectivity index (χ1) is 9.00. The number of phenolic OH excluding ortho intramolecular Hbond substituents is 1. The Morgan fingerprint density at radius 1 is 1.16 bits per heavy atom. The van der Waals surface area contributed by atoms with Crippen LogP contribution in [0.1, 0.15) is 38.9 Å². The quantitative estimate of drug-likeness (QED) is 0.856. The number of nitrogens with zero attached hydrogens (tertiary/aromatic N) is 1. The van der Waals surface area contributed by atoms with E-state index in [-0.39, 0.29) is 28.4 Å². The summed E-state index contributed by atoms with van der Waals surface area (Å²) in [6, 6.07) is 7.80. The average Bonchev–Trinajstić information content (AvgIpc) is 2.38. The summed E-state index contributed by atoms with van der Waals surface area (Å²) < 4.78 is 0. The maximum absolute atomic E-state index is 12.2. The molecule has 0 atom stereocenters. The van der Waals surface area contributed by atoms with Gasteiger partial charge in [0.15, 0.2) is 11.6 Å². The third-order valence-corrected chi connectivity index (χ3v) is 2.88. The molecule has 0 bridgehead atoms. The molecule has 2 aromatic rings. The number of aryl methyl sites for hydroxylation is 1. The highest BCUT2D eigenvalue weighted by molar-refractivity contribution is 6.11. The van der Waals surface area contributed by atoms with Crippen LogP contribution in [0, 0.1) is 6.92 Å². The van der Waals surface area contributed by atoms with Crippen LogP contribution in [0.4, 0.5) is 0 Å². The Balaban J connectivity index is 2.49. The highest BCUT2D eigenvalue weighted by Crippen LogP contribution is 2.20. The van der Waals surface area contributed by atoms with Crippen LogP contribution in [0.15, 0.2) is 36.5 Å². The van der Waals surface area contributed by atoms with Gasteiger partial charge in [0.1, 0.15) is 5.75 Å². The Hall–Kier alpha value is -2.49. The number of hydrogen-bond acceptors (Lipinski definition) is 4. The van der Waals surface area contributed by atoms with Crippen LogP contribution >= 0.6 is 0 Å². The summed E-state index contributed by atoms with van der Waals surface area (Å²) >= 11 is 0. The molecule has 2 rings (SSSR count). The Bertz CT molecular complexity index is 662. The van der Waals surface area contributed by atoms with Gasteiger partial charge in [-0.1, -0.05) is 12.1 Å². The van der Waals surface area contributed by atoms with Crippen molar-refractivity contribution in [2.45, 2.75) is 13.8 Å². The molecule has 0 amide bonds. The van der Waals surface area contributed by atoms with Gasteiger partial charge in [0.25, 0.3) is 0 Å². The molecule has 19 heavy (non-hydrogen) atoms. The molecule has 1 N–H and O–H groups in total. The third-order valence-electron chi connectivity index (χ3n) is 2.88. The fourth-order valence-corrected chi connectivity index (χ4v) is 1.83. The molecule has 96 valence electrons. The number of aromatic nitrogens is 1. The third kappa shape index (κ3) is 2.52. The summed E-state index contributed by atoms with van der Waals surface area (Å²) in [5, 5.41) is 9.67. The average molecular weight is 255 g/mol. The second kappa shape index (κ2) is 5.02. The van der Waals surface area contributed by atoms with E-state index >= 15 is 0 Å². The first-order valence-corrected chi connectivity index (χ1v) is 5.81. The Labute approximate surface area is 110 Å². The number of hydrogen-bond donors (Lipinski definition) is 1. The maximum atomic E-state index is 12.2. The van der Waals surface area contributed by atoms with Crippen LogP contribution in [0.5, 0.6) is 5.75 Å². The summed E-state index contributed by atoms with van der Waals surface area (Å²) in [6.07, 6.45) is 1.41. The molecule has 1 aromatic heterocycles. The number of carbonyl (C=O) groups is 2. The maximum Gasteiger partial charge on any atom is 0.198 e. The predicted octanol–water partition coefficient (Wildman–Crippen LogP) is 2.53. The predicted molar refractivity (Wildman–Crippen MR) is 70.5 cm³/mol. The lowest BCUT2D eigenvalue weighted by molar-refractivity contribution is 0.101. The van der Waals surface area contributed by atoms with Crippen LogP contribution < -0.4 is 0 Å². The van der Waals surface area contributed by atoms with Crippen molar-refractivity contribution in [2.24, 2.45) is 0 Å². The lowest BCUT2D eigenvalue weighted by Gasteiger charge is -2.06. The number of phenols is 1. The van der Waals surface area contributed by atoms with E-state index in [1.165, 1.54) is 31.3 Å². The van der Waals surface area contributed by atoms with E-state index in [1.54, 1.807) is 19.1 Å². The van der Waals surface area contributed by atoms with Gasteiger partial charge in [-0.15, -0.1) is 0 Å². The Kier molecular flexibility index (Phi) is 3.42. The fraction of sp³-hybridized carbons (Fsp3) is 0.133. The smallest absolute Gasteiger partial charge is 0.198 e. The number of Topliss-reactive ketones (excluding diaryl/α,β-unsaturated/α-hetero) is 1. The summed E-state index contributed by atoms with van der Waals surface area (Å²) in [6.45, 7) is 3.14. The normalized spacial score (nSPS) is 10.2. The summed E-state index contributed by atoms with van der Waals surface area (Å²) in [4.78, 5) is 27.7. The lowest BCUT2D eigenvalue weighted by atomic mass is 10.0. The summed E-state index contributed by atoms with van der Waals surface area (Å²) in [7, 11) is 0. The minimum absolute atomic E-state index is 0.0857. The Morgan fingerprint density at radius 3 is 2.47 bits per heavy atom. The summed E-state index contributed by atoms with van der Waals surface area (Å²) in [5.74, 6) is -0.581. The van der Waals surface area contributed by atoms with Gasteiger partial charge in [-0.3, -0.25) is 14.6 Å². The zero-order valence-corrected chi connectivity index (χ0v) is 10.7. The molecular weight excluding hydrogens is 242 g/mol. The minimum atomic E-state index is -0.354. The molecule has 0 radical (unpaired) electrons. The second-order valence-corrected chi connectivity index (χ2v) is 4.26. The highest BCUT2D eigenvalue weighted by atomic mass is 16.3. The molecule has 0 aliphatic carbocycles. The first kappa shape index (κ1) is 13.0. The van der Waals surface area contributed by atoms with Crippen molar-refractivity contribution in [2.75, 3.05) is 0 Å². The van der Waals surface area contributed by atoms with Crippen molar-refractivity contribution in [3.8, 4) is 5.75 Å². The number of rotatable bonds is 3. The van der Waals surface area contributed by atoms with Crippen molar-refractivity contribution in [3.05, 3.63) is 58.9 Å². The molecule has 0 saturated carbocycles. The number of carbonyl (C=O) groups excluding carboxylic acids is 2. The molecular formula is C15H13NO3. The van der Waals surface area contributed by atoms with Gasteiger partial charge < -0.3 is 5.11 Å². The van der Waals surface area contributed by atoms with Crippen LogP contribution in [0.3, 0.4) is 0 Å². The molecule has 0 aliphatic rings. The topological polar surface area (TPSA) is 67.3 Å². The largest absolute Gasteiger partial charge is 0.507 e. The monoisotopic (exact) mass is 255 g/mol. The molecule has 0 spiro atoms. The van der Waals surface area contributed by atoms with E-state index in [9.17, 15) is 14.7 Å². The van der Waals surface area contributed by atoms with Crippen LogP contribution in [0.25, 0.3) is 0 Å². The van der Waals surface area contributed by atoms with Gasteiger partial charge in [-0.2, -0.15) is 0 Å². The number of pyridine rings is 1. The van der Waals surface area contributed by atoms with Gasteiger partial charge in [-0.05, 0) is 32.0 Å². The summed E-state index contributed by atoms with van der Waals surface area (Å²) in [5.41, 5.74) is 1.49. The van der Waals surface area contributed by atoms with Gasteiger partial charge in [0.05, 0.1) is 5.56 Å². The zero-order valence-electron chi connectivity index (χ0n) is 10.7. The van der Waals surface area contributed by atoms with Crippen molar-refractivity contribution in [3.63, 3.8) is 0 Å². The van der Waals surface area contributed by atoms with E-state index in [0.29, 0.717) is 11.3 Å². The molecule has 1 aromatic carbocycles. The van der Waals surface area contributed by atoms with E-state index in [4.69, 9.17) is 0 Å². The molecule has 0 fully saturated rings. The second-order valence-electron chi connectivity index (χ2n) is 4.26. The number of benzene rings is 1. The Morgan fingerprint density at radius 2 is 1.84 bits per heavy atom. The lowest BCUT2D eigenvalue weighted by Crippen LogP contribution is -2.06. The SMILES string of the molecule is CC(=O)c1cc(C(=O)c2ccccc2O)cnc1C. The first-order valence-electron chi connectivity index (χ1n) is 5.81. The van der Waals surface area contributed by atoms with Gasteiger partial charge in [0, 0.05) is 23.0 Å². The van der Waals surface area contributed by atoms with Crippen molar-refractivity contribution >= 4 is 11.6 Å². The molecule has 4 nitrogen and oxygen atoms in total. The number of aromatic hydroxyl groups is 1. The van der Waals surface area contributed by atoms with Gasteiger partial charge in [-0.25, -0.2) is 0 Å². The molecule has 0 aliphatic heterocycles. The highest BCUT2D eigenvalue weighted by Gasteiger charge is 2.15. The van der Waals surface area contributed by atoms with Crippen molar-refractivity contribution in [1.29, 1.82) is 0 Å². The minimum Gasteiger partial charge on any atom is -0.507 e. The van der Waals surface area contributed by atoms with E-state index < -0.39 is 0 Å². The molecule has 0 unspecified atom stereocenters.